The molecule has 0 aliphatic rings. The molecule has 0 saturated carbocycles. The van der Waals surface area contributed by atoms with Crippen molar-refractivity contribution in [3.05, 3.63) is 0 Å². The lowest BCUT2D eigenvalue weighted by Crippen LogP contribution is -2.41. The van der Waals surface area contributed by atoms with E-state index in [1.54, 1.807) is 0 Å². The summed E-state index contributed by atoms with van der Waals surface area (Å²) in [7, 11) is -1.73. The van der Waals surface area contributed by atoms with E-state index in [0.29, 0.717) is 13.0 Å². The highest BCUT2D eigenvalue weighted by Gasteiger charge is 2.36. The maximum atomic E-state index is 10.4. The number of aliphatic hydroxyl groups excluding tert-OH is 1. The maximum Gasteiger partial charge on any atom is 0.332 e. The Bertz CT molecular complexity index is 233. The van der Waals surface area contributed by atoms with Crippen molar-refractivity contribution in [1.82, 2.24) is 0 Å². The van der Waals surface area contributed by atoms with Crippen molar-refractivity contribution in [3.63, 3.8) is 0 Å². The number of carboxylic acids is 1. The summed E-state index contributed by atoms with van der Waals surface area (Å²) >= 11 is 0. The van der Waals surface area contributed by atoms with Crippen molar-refractivity contribution in [1.29, 1.82) is 0 Å². The van der Waals surface area contributed by atoms with E-state index in [-0.39, 0.29) is 11.5 Å². The minimum atomic E-state index is -1.73. The highest BCUT2D eigenvalue weighted by atomic mass is 28.4. The number of rotatable bonds is 6. The van der Waals surface area contributed by atoms with E-state index in [2.05, 4.69) is 33.9 Å². The lowest BCUT2D eigenvalue weighted by Gasteiger charge is -2.36. The number of aliphatic carboxylic acids is 1. The fraction of sp³-hybridized carbons (Fsp3) is 0.909. The molecule has 5 heteroatoms. The SMILES string of the molecule is CC(C)(C)[Si](C)(C)OCCC[C@H](O)C(=O)O. The van der Waals surface area contributed by atoms with Gasteiger partial charge in [-0.2, -0.15) is 0 Å². The molecule has 0 bridgehead atoms. The van der Waals surface area contributed by atoms with Gasteiger partial charge in [-0.3, -0.25) is 0 Å². The molecule has 0 amide bonds. The van der Waals surface area contributed by atoms with E-state index in [1.165, 1.54) is 0 Å². The summed E-state index contributed by atoms with van der Waals surface area (Å²) in [4.78, 5) is 10.4. The molecule has 0 heterocycles. The van der Waals surface area contributed by atoms with Gasteiger partial charge in [-0.1, -0.05) is 20.8 Å². The second kappa shape index (κ2) is 5.79. The van der Waals surface area contributed by atoms with Crippen LogP contribution in [0, 0.1) is 0 Å². The third kappa shape index (κ3) is 5.09. The number of aliphatic hydroxyl groups is 1. The van der Waals surface area contributed by atoms with Crippen LogP contribution in [0.15, 0.2) is 0 Å². The maximum absolute atomic E-state index is 10.4. The monoisotopic (exact) mass is 248 g/mol. The number of carbonyl (C=O) groups is 1. The smallest absolute Gasteiger partial charge is 0.332 e. The summed E-state index contributed by atoms with van der Waals surface area (Å²) in [5.74, 6) is -1.16. The van der Waals surface area contributed by atoms with Crippen molar-refractivity contribution in [2.24, 2.45) is 0 Å². The van der Waals surface area contributed by atoms with Crippen LogP contribution in [0.5, 0.6) is 0 Å². The standard InChI is InChI=1S/C11H24O4Si/c1-11(2,3)16(4,5)15-8-6-7-9(12)10(13)14/h9,12H,6-8H2,1-5H3,(H,13,14)/t9-/m0/s1. The van der Waals surface area contributed by atoms with Crippen LogP contribution in [-0.2, 0) is 9.22 Å². The molecule has 0 spiro atoms. The van der Waals surface area contributed by atoms with Gasteiger partial charge in [0.1, 0.15) is 0 Å². The van der Waals surface area contributed by atoms with Crippen molar-refractivity contribution >= 4 is 14.3 Å². The Morgan fingerprint density at radius 1 is 1.38 bits per heavy atom. The van der Waals surface area contributed by atoms with Crippen LogP contribution in [0.4, 0.5) is 0 Å². The van der Waals surface area contributed by atoms with Gasteiger partial charge in [0.15, 0.2) is 14.4 Å². The largest absolute Gasteiger partial charge is 0.479 e. The summed E-state index contributed by atoms with van der Waals surface area (Å²) in [6.45, 7) is 11.3. The van der Waals surface area contributed by atoms with Crippen molar-refractivity contribution in [3.8, 4) is 0 Å². The van der Waals surface area contributed by atoms with Crippen LogP contribution in [0.2, 0.25) is 18.1 Å². The zero-order chi connectivity index (χ0) is 13.0. The normalized spacial score (nSPS) is 14.9. The highest BCUT2D eigenvalue weighted by Crippen LogP contribution is 2.36. The molecule has 0 aliphatic heterocycles. The fourth-order valence-corrected chi connectivity index (χ4v) is 2.03. The average Bonchev–Trinajstić information content (AvgIpc) is 2.09. The van der Waals surface area contributed by atoms with E-state index >= 15 is 0 Å². The lowest BCUT2D eigenvalue weighted by atomic mass is 10.2. The Morgan fingerprint density at radius 2 is 1.88 bits per heavy atom. The molecule has 0 unspecified atom stereocenters. The van der Waals surface area contributed by atoms with Crippen LogP contribution in [0.3, 0.4) is 0 Å². The Hall–Kier alpha value is -0.393. The summed E-state index contributed by atoms with van der Waals surface area (Å²) in [6, 6.07) is 0. The minimum absolute atomic E-state index is 0.165. The van der Waals surface area contributed by atoms with E-state index in [1.807, 2.05) is 0 Å². The summed E-state index contributed by atoms with van der Waals surface area (Å²) in [5.41, 5.74) is 0. The summed E-state index contributed by atoms with van der Waals surface area (Å²) in [5, 5.41) is 17.7. The van der Waals surface area contributed by atoms with Crippen LogP contribution in [0.1, 0.15) is 33.6 Å². The second-order valence-electron chi connectivity index (χ2n) is 5.61. The fourth-order valence-electron chi connectivity index (χ4n) is 0.944. The van der Waals surface area contributed by atoms with Gasteiger partial charge in [-0.05, 0) is 31.0 Å². The van der Waals surface area contributed by atoms with Crippen molar-refractivity contribution < 1.29 is 19.4 Å². The molecular formula is C11H24O4Si. The molecule has 1 atom stereocenters. The molecule has 96 valence electrons. The van der Waals surface area contributed by atoms with Crippen LogP contribution in [-0.4, -0.2) is 37.2 Å². The Labute approximate surface area is 98.8 Å². The first-order chi connectivity index (χ1) is 7.08. The van der Waals surface area contributed by atoms with Gasteiger partial charge in [0.2, 0.25) is 0 Å². The summed E-state index contributed by atoms with van der Waals surface area (Å²) in [6.07, 6.45) is -0.424. The molecule has 0 rings (SSSR count). The van der Waals surface area contributed by atoms with Crippen LogP contribution in [0.25, 0.3) is 0 Å². The molecule has 0 aromatic rings. The Morgan fingerprint density at radius 3 is 2.25 bits per heavy atom. The zero-order valence-electron chi connectivity index (χ0n) is 10.9. The lowest BCUT2D eigenvalue weighted by molar-refractivity contribution is -0.147. The third-order valence-electron chi connectivity index (χ3n) is 3.18. The van der Waals surface area contributed by atoms with Gasteiger partial charge in [0, 0.05) is 6.61 Å². The molecule has 0 radical (unpaired) electrons. The molecule has 4 nitrogen and oxygen atoms in total. The second-order valence-corrected chi connectivity index (χ2v) is 10.4. The van der Waals surface area contributed by atoms with Crippen molar-refractivity contribution in [2.75, 3.05) is 6.61 Å². The first-order valence-electron chi connectivity index (χ1n) is 5.63. The van der Waals surface area contributed by atoms with Gasteiger partial charge in [0.25, 0.3) is 0 Å². The zero-order valence-corrected chi connectivity index (χ0v) is 11.9. The quantitative estimate of drug-likeness (QED) is 0.559. The molecule has 0 aromatic carbocycles. The van der Waals surface area contributed by atoms with Gasteiger partial charge in [0.05, 0.1) is 0 Å². The molecule has 0 aromatic heterocycles. The van der Waals surface area contributed by atoms with E-state index in [0.717, 1.165) is 0 Å². The minimum Gasteiger partial charge on any atom is -0.479 e. The van der Waals surface area contributed by atoms with Gasteiger partial charge in [-0.25, -0.2) is 4.79 Å². The number of carboxylic acid groups (broad SMARTS) is 1. The predicted molar refractivity (Wildman–Crippen MR) is 66.0 cm³/mol. The number of hydrogen-bond donors (Lipinski definition) is 2. The topological polar surface area (TPSA) is 66.8 Å². The first-order valence-corrected chi connectivity index (χ1v) is 8.53. The summed E-state index contributed by atoms with van der Waals surface area (Å²) < 4.78 is 5.86. The molecule has 0 fully saturated rings. The molecule has 0 aliphatic carbocycles. The molecule has 0 saturated heterocycles. The number of hydrogen-bond acceptors (Lipinski definition) is 3. The van der Waals surface area contributed by atoms with Crippen LogP contribution >= 0.6 is 0 Å². The van der Waals surface area contributed by atoms with Gasteiger partial charge in [-0.15, -0.1) is 0 Å². The van der Waals surface area contributed by atoms with Gasteiger partial charge >= 0.3 is 5.97 Å². The van der Waals surface area contributed by atoms with E-state index in [9.17, 15) is 4.79 Å². The molecular weight excluding hydrogens is 224 g/mol. The van der Waals surface area contributed by atoms with Gasteiger partial charge < -0.3 is 14.6 Å². The highest BCUT2D eigenvalue weighted by molar-refractivity contribution is 6.74. The Balaban J connectivity index is 3.87. The molecule has 16 heavy (non-hydrogen) atoms. The first kappa shape index (κ1) is 15.6. The van der Waals surface area contributed by atoms with E-state index < -0.39 is 20.4 Å². The predicted octanol–water partition coefficient (Wildman–Crippen LogP) is 2.23. The van der Waals surface area contributed by atoms with E-state index in [4.69, 9.17) is 14.6 Å². The average molecular weight is 248 g/mol. The Kier molecular flexibility index (Phi) is 5.65. The van der Waals surface area contributed by atoms with Crippen molar-refractivity contribution in [2.45, 2.75) is 57.8 Å². The third-order valence-corrected chi connectivity index (χ3v) is 7.71. The van der Waals surface area contributed by atoms with Crippen LogP contribution < -0.4 is 0 Å². The molecule has 2 N–H and O–H groups in total.